The number of aryl methyl sites for hydroxylation is 1. The van der Waals surface area contributed by atoms with Gasteiger partial charge in [0.05, 0.1) is 11.0 Å². The molecule has 7 nitrogen and oxygen atoms in total. The van der Waals surface area contributed by atoms with Crippen molar-refractivity contribution in [3.8, 4) is 0 Å². The molecule has 0 aromatic heterocycles. The quantitative estimate of drug-likeness (QED) is 0.470. The first-order valence-corrected chi connectivity index (χ1v) is 13.8. The van der Waals surface area contributed by atoms with E-state index in [1.165, 1.54) is 34.6 Å². The lowest BCUT2D eigenvalue weighted by Crippen LogP contribution is -2.53. The number of β-amino-alcohol motifs (C(OH)–C–C–N with tert-alkyl or cyclic N) is 1. The lowest BCUT2D eigenvalue weighted by atomic mass is 10.00. The summed E-state index contributed by atoms with van der Waals surface area (Å²) in [5.41, 5.74) is 3.69. The summed E-state index contributed by atoms with van der Waals surface area (Å²) < 4.78 is 28.0. The molecule has 2 aromatic carbocycles. The highest BCUT2D eigenvalue weighted by molar-refractivity contribution is 7.89. The number of aliphatic hydroxyl groups is 1. The number of aliphatic hydroxyl groups excluding tert-OH is 1. The standard InChI is InChI=1S/C28H38N2O5S/c1-6-21-15-20(12-14-27(32)33)11-13-26(21)36(34,35)29(5)18-25(31)19-30(28(2,3)4)24-16-22-9-7-8-10-23(22)17-24/h7-15,24-25,31H,6,16-19H2,1-5H3,(H,32,33). The van der Waals surface area contributed by atoms with Crippen LogP contribution in [0, 0.1) is 0 Å². The van der Waals surface area contributed by atoms with Gasteiger partial charge in [-0.1, -0.05) is 43.3 Å². The average Bonchev–Trinajstić information content (AvgIpc) is 3.23. The molecule has 0 amide bonds. The number of carboxylic acids is 1. The van der Waals surface area contributed by atoms with E-state index >= 15 is 0 Å². The van der Waals surface area contributed by atoms with E-state index in [-0.39, 0.29) is 23.0 Å². The zero-order valence-corrected chi connectivity index (χ0v) is 22.6. The van der Waals surface area contributed by atoms with Crippen molar-refractivity contribution in [3.63, 3.8) is 0 Å². The second-order valence-electron chi connectivity index (χ2n) is 10.5. The van der Waals surface area contributed by atoms with Crippen LogP contribution in [-0.2, 0) is 34.1 Å². The Morgan fingerprint density at radius 1 is 1.11 bits per heavy atom. The zero-order chi connectivity index (χ0) is 26.7. The Bertz CT molecular complexity index is 1190. The highest BCUT2D eigenvalue weighted by Gasteiger charge is 2.35. The van der Waals surface area contributed by atoms with Crippen LogP contribution >= 0.6 is 0 Å². The van der Waals surface area contributed by atoms with Crippen LogP contribution in [0.25, 0.3) is 6.08 Å². The number of carboxylic acid groups (broad SMARTS) is 1. The van der Waals surface area contributed by atoms with E-state index < -0.39 is 22.1 Å². The molecular weight excluding hydrogens is 476 g/mol. The van der Waals surface area contributed by atoms with Crippen molar-refractivity contribution in [2.24, 2.45) is 0 Å². The van der Waals surface area contributed by atoms with E-state index in [1.807, 2.05) is 6.92 Å². The summed E-state index contributed by atoms with van der Waals surface area (Å²) in [4.78, 5) is 13.3. The minimum absolute atomic E-state index is 0.0294. The molecule has 1 aliphatic carbocycles. The summed E-state index contributed by atoms with van der Waals surface area (Å²) >= 11 is 0. The van der Waals surface area contributed by atoms with Crippen LogP contribution in [0.4, 0.5) is 0 Å². The number of sulfonamides is 1. The third-order valence-corrected chi connectivity index (χ3v) is 8.70. The highest BCUT2D eigenvalue weighted by Crippen LogP contribution is 2.30. The number of nitrogens with zero attached hydrogens (tertiary/aromatic N) is 2. The minimum atomic E-state index is -3.84. The molecule has 2 N–H and O–H groups in total. The molecule has 3 rings (SSSR count). The van der Waals surface area contributed by atoms with Crippen molar-refractivity contribution >= 4 is 22.1 Å². The number of benzene rings is 2. The first-order chi connectivity index (χ1) is 16.8. The van der Waals surface area contributed by atoms with E-state index in [9.17, 15) is 18.3 Å². The lowest BCUT2D eigenvalue weighted by molar-refractivity contribution is -0.131. The molecule has 0 fully saturated rings. The summed E-state index contributed by atoms with van der Waals surface area (Å²) in [5.74, 6) is -1.07. The molecule has 0 radical (unpaired) electrons. The predicted molar refractivity (Wildman–Crippen MR) is 142 cm³/mol. The van der Waals surface area contributed by atoms with Crippen molar-refractivity contribution in [1.29, 1.82) is 0 Å². The number of carbonyl (C=O) groups is 1. The molecule has 8 heteroatoms. The molecule has 0 saturated carbocycles. The van der Waals surface area contributed by atoms with Crippen molar-refractivity contribution in [3.05, 3.63) is 70.8 Å². The lowest BCUT2D eigenvalue weighted by Gasteiger charge is -2.42. The zero-order valence-electron chi connectivity index (χ0n) is 21.8. The van der Waals surface area contributed by atoms with Gasteiger partial charge in [-0.15, -0.1) is 0 Å². The van der Waals surface area contributed by atoms with Crippen LogP contribution in [0.5, 0.6) is 0 Å². The number of fused-ring (bicyclic) bond motifs is 1. The Kier molecular flexibility index (Phi) is 8.77. The molecule has 1 unspecified atom stereocenters. The third kappa shape index (κ3) is 6.62. The van der Waals surface area contributed by atoms with Gasteiger partial charge >= 0.3 is 5.97 Å². The summed E-state index contributed by atoms with van der Waals surface area (Å²) in [5, 5.41) is 19.9. The maximum atomic E-state index is 13.4. The molecule has 1 atom stereocenters. The second-order valence-corrected chi connectivity index (χ2v) is 12.5. The van der Waals surface area contributed by atoms with Crippen molar-refractivity contribution in [2.45, 2.75) is 69.5 Å². The van der Waals surface area contributed by atoms with Crippen LogP contribution in [0.2, 0.25) is 0 Å². The minimum Gasteiger partial charge on any atom is -0.478 e. The van der Waals surface area contributed by atoms with E-state index in [4.69, 9.17) is 5.11 Å². The molecule has 1 aliphatic rings. The number of rotatable bonds is 10. The Labute approximate surface area is 215 Å². The van der Waals surface area contributed by atoms with Gasteiger partial charge in [0.2, 0.25) is 10.0 Å². The molecule has 0 aliphatic heterocycles. The van der Waals surface area contributed by atoms with Gasteiger partial charge in [0.25, 0.3) is 0 Å². The highest BCUT2D eigenvalue weighted by atomic mass is 32.2. The van der Waals surface area contributed by atoms with Gasteiger partial charge in [0.15, 0.2) is 0 Å². The number of hydrogen-bond donors (Lipinski definition) is 2. The molecule has 36 heavy (non-hydrogen) atoms. The molecule has 196 valence electrons. The fourth-order valence-corrected chi connectivity index (χ4v) is 6.45. The fourth-order valence-electron chi connectivity index (χ4n) is 4.97. The monoisotopic (exact) mass is 514 g/mol. The molecule has 0 spiro atoms. The van der Waals surface area contributed by atoms with Crippen molar-refractivity contribution in [1.82, 2.24) is 9.21 Å². The Balaban J connectivity index is 1.74. The smallest absolute Gasteiger partial charge is 0.328 e. The van der Waals surface area contributed by atoms with Gasteiger partial charge in [-0.05, 0) is 74.4 Å². The van der Waals surface area contributed by atoms with Gasteiger partial charge in [0.1, 0.15) is 0 Å². The summed E-state index contributed by atoms with van der Waals surface area (Å²) in [7, 11) is -2.36. The molecular formula is C28H38N2O5S. The largest absolute Gasteiger partial charge is 0.478 e. The normalized spacial score (nSPS) is 15.7. The SMILES string of the molecule is CCc1cc(C=CC(=O)O)ccc1S(=O)(=O)N(C)CC(O)CN(C1Cc2ccccc2C1)C(C)(C)C. The van der Waals surface area contributed by atoms with Gasteiger partial charge < -0.3 is 10.2 Å². The van der Waals surface area contributed by atoms with Crippen LogP contribution < -0.4 is 0 Å². The van der Waals surface area contributed by atoms with E-state index in [0.717, 1.165) is 18.9 Å². The van der Waals surface area contributed by atoms with E-state index in [1.54, 1.807) is 12.1 Å². The molecule has 0 bridgehead atoms. The summed E-state index contributed by atoms with van der Waals surface area (Å²) in [6.07, 6.45) is 3.90. The molecule has 2 aromatic rings. The fraction of sp³-hybridized carbons (Fsp3) is 0.464. The van der Waals surface area contributed by atoms with Crippen LogP contribution in [0.3, 0.4) is 0 Å². The predicted octanol–water partition coefficient (Wildman–Crippen LogP) is 3.60. The number of hydrogen-bond acceptors (Lipinski definition) is 5. The van der Waals surface area contributed by atoms with Gasteiger partial charge in [-0.2, -0.15) is 4.31 Å². The molecule has 0 heterocycles. The van der Waals surface area contributed by atoms with Gasteiger partial charge in [0, 0.05) is 37.8 Å². The molecule has 0 saturated heterocycles. The first-order valence-electron chi connectivity index (χ1n) is 12.3. The summed E-state index contributed by atoms with van der Waals surface area (Å²) in [6.45, 7) is 8.56. The second kappa shape index (κ2) is 11.3. The summed E-state index contributed by atoms with van der Waals surface area (Å²) in [6, 6.07) is 13.5. The van der Waals surface area contributed by atoms with Crippen molar-refractivity contribution in [2.75, 3.05) is 20.1 Å². The van der Waals surface area contributed by atoms with Crippen LogP contribution in [0.1, 0.15) is 49.9 Å². The third-order valence-electron chi connectivity index (χ3n) is 6.78. The van der Waals surface area contributed by atoms with Crippen molar-refractivity contribution < 1.29 is 23.4 Å². The van der Waals surface area contributed by atoms with Gasteiger partial charge in [-0.3, -0.25) is 4.90 Å². The topological polar surface area (TPSA) is 98.1 Å². The Morgan fingerprint density at radius 2 is 1.72 bits per heavy atom. The Morgan fingerprint density at radius 3 is 2.25 bits per heavy atom. The number of likely N-dealkylation sites (N-methyl/N-ethyl adjacent to an activating group) is 1. The maximum Gasteiger partial charge on any atom is 0.328 e. The van der Waals surface area contributed by atoms with Gasteiger partial charge in [-0.25, -0.2) is 13.2 Å². The van der Waals surface area contributed by atoms with Crippen LogP contribution in [0.15, 0.2) is 53.4 Å². The maximum absolute atomic E-state index is 13.4. The van der Waals surface area contributed by atoms with E-state index in [0.29, 0.717) is 24.1 Å². The number of aliphatic carboxylic acids is 1. The first kappa shape index (κ1) is 28.1. The van der Waals surface area contributed by atoms with Crippen LogP contribution in [-0.4, -0.2) is 71.6 Å². The Hall–Kier alpha value is -2.52. The van der Waals surface area contributed by atoms with E-state index in [2.05, 4.69) is 49.9 Å². The average molecular weight is 515 g/mol.